The van der Waals surface area contributed by atoms with E-state index in [1.165, 1.54) is 0 Å². The lowest BCUT2D eigenvalue weighted by Gasteiger charge is -2.16. The first-order valence-electron chi connectivity index (χ1n) is 8.59. The quantitative estimate of drug-likeness (QED) is 0.641. The molecular formula is C20H23N3O3S. The highest BCUT2D eigenvalue weighted by Gasteiger charge is 2.22. The van der Waals surface area contributed by atoms with Gasteiger partial charge in [-0.3, -0.25) is 9.52 Å². The number of hydrogen-bond acceptors (Lipinski definition) is 3. The Bertz CT molecular complexity index is 1130. The van der Waals surface area contributed by atoms with Crippen LogP contribution in [0.4, 0.5) is 5.69 Å². The van der Waals surface area contributed by atoms with Crippen molar-refractivity contribution < 1.29 is 13.2 Å². The van der Waals surface area contributed by atoms with E-state index in [1.54, 1.807) is 31.3 Å². The number of H-pyrrole nitrogens is 1. The number of benzene rings is 2. The SMILES string of the molecule is CNC(=O)c1cc2cc(NS(=O)(=O)c3c(C)c(C)cc(C)c3C)ccc2[nH]1. The van der Waals surface area contributed by atoms with E-state index in [1.807, 2.05) is 33.8 Å². The largest absolute Gasteiger partial charge is 0.354 e. The Hall–Kier alpha value is -2.80. The first-order chi connectivity index (χ1) is 12.6. The van der Waals surface area contributed by atoms with E-state index in [0.29, 0.717) is 16.3 Å². The molecule has 1 amide bonds. The van der Waals surface area contributed by atoms with Crippen LogP contribution in [0.25, 0.3) is 10.9 Å². The van der Waals surface area contributed by atoms with E-state index in [9.17, 15) is 13.2 Å². The molecule has 7 heteroatoms. The van der Waals surface area contributed by atoms with Crippen LogP contribution >= 0.6 is 0 Å². The van der Waals surface area contributed by atoms with E-state index < -0.39 is 10.0 Å². The van der Waals surface area contributed by atoms with Crippen molar-refractivity contribution in [2.24, 2.45) is 0 Å². The van der Waals surface area contributed by atoms with E-state index in [4.69, 9.17) is 0 Å². The van der Waals surface area contributed by atoms with Crippen molar-refractivity contribution in [3.63, 3.8) is 0 Å². The van der Waals surface area contributed by atoms with Gasteiger partial charge in [0.15, 0.2) is 0 Å². The topological polar surface area (TPSA) is 91.1 Å². The molecule has 3 aromatic rings. The summed E-state index contributed by atoms with van der Waals surface area (Å²) in [5.74, 6) is -0.227. The Morgan fingerprint density at radius 2 is 1.59 bits per heavy atom. The fourth-order valence-electron chi connectivity index (χ4n) is 3.24. The maximum Gasteiger partial charge on any atom is 0.267 e. The molecule has 0 fully saturated rings. The lowest BCUT2D eigenvalue weighted by molar-refractivity contribution is 0.0959. The first kappa shape index (κ1) is 19.0. The minimum Gasteiger partial charge on any atom is -0.354 e. The molecule has 3 N–H and O–H groups in total. The van der Waals surface area contributed by atoms with Crippen molar-refractivity contribution in [2.45, 2.75) is 32.6 Å². The summed E-state index contributed by atoms with van der Waals surface area (Å²) in [4.78, 5) is 15.1. The molecule has 1 aromatic heterocycles. The van der Waals surface area contributed by atoms with E-state index in [0.717, 1.165) is 33.2 Å². The van der Waals surface area contributed by atoms with E-state index in [2.05, 4.69) is 15.0 Å². The third kappa shape index (κ3) is 3.42. The Morgan fingerprint density at radius 3 is 2.19 bits per heavy atom. The Balaban J connectivity index is 2.03. The normalized spacial score (nSPS) is 11.6. The molecule has 0 saturated carbocycles. The highest BCUT2D eigenvalue weighted by atomic mass is 32.2. The van der Waals surface area contributed by atoms with Crippen LogP contribution in [0.3, 0.4) is 0 Å². The molecular weight excluding hydrogens is 362 g/mol. The van der Waals surface area contributed by atoms with Crippen LogP contribution in [0.15, 0.2) is 35.2 Å². The smallest absolute Gasteiger partial charge is 0.267 e. The number of nitrogens with one attached hydrogen (secondary N) is 3. The summed E-state index contributed by atoms with van der Waals surface area (Å²) in [6, 6.07) is 8.83. The number of carbonyl (C=O) groups is 1. The molecule has 0 aliphatic heterocycles. The van der Waals surface area contributed by atoms with Crippen LogP contribution in [0.1, 0.15) is 32.7 Å². The molecule has 0 aliphatic rings. The van der Waals surface area contributed by atoms with Gasteiger partial charge in [-0.25, -0.2) is 8.42 Å². The number of carbonyl (C=O) groups excluding carboxylic acids is 1. The number of aryl methyl sites for hydroxylation is 2. The summed E-state index contributed by atoms with van der Waals surface area (Å²) < 4.78 is 28.8. The zero-order chi connectivity index (χ0) is 19.9. The number of anilines is 1. The predicted molar refractivity (Wildman–Crippen MR) is 108 cm³/mol. The average Bonchev–Trinajstić information content (AvgIpc) is 3.02. The standard InChI is InChI=1S/C20H23N3O3S/c1-11-8-12(2)14(4)19(13(11)3)27(25,26)23-16-6-7-17-15(9-16)10-18(22-17)20(24)21-5/h6-10,22-23H,1-5H3,(H,21,24). The second-order valence-electron chi connectivity index (χ2n) is 6.76. The zero-order valence-corrected chi connectivity index (χ0v) is 16.8. The van der Waals surface area contributed by atoms with Gasteiger partial charge in [-0.1, -0.05) is 6.07 Å². The van der Waals surface area contributed by atoms with Gasteiger partial charge in [0.25, 0.3) is 15.9 Å². The molecule has 3 rings (SSSR count). The third-order valence-corrected chi connectivity index (χ3v) is 6.56. The third-order valence-electron chi connectivity index (χ3n) is 4.91. The van der Waals surface area contributed by atoms with Gasteiger partial charge in [-0.15, -0.1) is 0 Å². The molecule has 142 valence electrons. The highest BCUT2D eigenvalue weighted by Crippen LogP contribution is 2.29. The average molecular weight is 385 g/mol. The molecule has 0 atom stereocenters. The molecule has 0 unspecified atom stereocenters. The molecule has 0 bridgehead atoms. The summed E-state index contributed by atoms with van der Waals surface area (Å²) in [6.07, 6.45) is 0. The van der Waals surface area contributed by atoms with Crippen LogP contribution in [0.5, 0.6) is 0 Å². The molecule has 27 heavy (non-hydrogen) atoms. The number of rotatable bonds is 4. The van der Waals surface area contributed by atoms with Gasteiger partial charge >= 0.3 is 0 Å². The molecule has 1 heterocycles. The molecule has 0 spiro atoms. The van der Waals surface area contributed by atoms with Crippen LogP contribution in [0, 0.1) is 27.7 Å². The molecule has 0 radical (unpaired) electrons. The number of sulfonamides is 1. The van der Waals surface area contributed by atoms with Gasteiger partial charge in [-0.2, -0.15) is 0 Å². The Kier molecular flexibility index (Phi) is 4.73. The monoisotopic (exact) mass is 385 g/mol. The van der Waals surface area contributed by atoms with E-state index >= 15 is 0 Å². The van der Waals surface area contributed by atoms with E-state index in [-0.39, 0.29) is 5.91 Å². The number of hydrogen-bond donors (Lipinski definition) is 3. The number of aromatic amines is 1. The molecule has 0 aliphatic carbocycles. The van der Waals surface area contributed by atoms with Gasteiger partial charge in [0.1, 0.15) is 5.69 Å². The van der Waals surface area contributed by atoms with Crippen LogP contribution in [0.2, 0.25) is 0 Å². The number of aromatic nitrogens is 1. The lowest BCUT2D eigenvalue weighted by atomic mass is 10.0. The summed E-state index contributed by atoms with van der Waals surface area (Å²) in [7, 11) is -2.18. The zero-order valence-electron chi connectivity index (χ0n) is 16.0. The summed E-state index contributed by atoms with van der Waals surface area (Å²) in [5, 5.41) is 3.31. The second kappa shape index (κ2) is 6.74. The predicted octanol–water partition coefficient (Wildman–Crippen LogP) is 3.56. The van der Waals surface area contributed by atoms with Gasteiger partial charge in [-0.05, 0) is 74.2 Å². The van der Waals surface area contributed by atoms with Gasteiger partial charge in [0.05, 0.1) is 4.90 Å². The fourth-order valence-corrected chi connectivity index (χ4v) is 4.91. The van der Waals surface area contributed by atoms with Crippen molar-refractivity contribution in [1.29, 1.82) is 0 Å². The molecule has 2 aromatic carbocycles. The molecule has 0 saturated heterocycles. The van der Waals surface area contributed by atoms with Gasteiger partial charge in [0.2, 0.25) is 0 Å². The highest BCUT2D eigenvalue weighted by molar-refractivity contribution is 7.92. The minimum absolute atomic E-state index is 0.227. The van der Waals surface area contributed by atoms with Crippen molar-refractivity contribution >= 4 is 32.5 Å². The fraction of sp³-hybridized carbons (Fsp3) is 0.250. The van der Waals surface area contributed by atoms with Crippen LogP contribution < -0.4 is 10.0 Å². The lowest BCUT2D eigenvalue weighted by Crippen LogP contribution is -2.17. The Morgan fingerprint density at radius 1 is 0.963 bits per heavy atom. The molecule has 6 nitrogen and oxygen atoms in total. The van der Waals surface area contributed by atoms with Crippen molar-refractivity contribution in [1.82, 2.24) is 10.3 Å². The van der Waals surface area contributed by atoms with Crippen LogP contribution in [-0.4, -0.2) is 26.4 Å². The summed E-state index contributed by atoms with van der Waals surface area (Å²) >= 11 is 0. The van der Waals surface area contributed by atoms with Crippen LogP contribution in [-0.2, 0) is 10.0 Å². The van der Waals surface area contributed by atoms with Crippen molar-refractivity contribution in [3.8, 4) is 0 Å². The minimum atomic E-state index is -3.74. The number of amides is 1. The maximum atomic E-state index is 13.1. The van der Waals surface area contributed by atoms with Crippen molar-refractivity contribution in [2.75, 3.05) is 11.8 Å². The van der Waals surface area contributed by atoms with Gasteiger partial charge in [0, 0.05) is 23.6 Å². The summed E-state index contributed by atoms with van der Waals surface area (Å²) in [5.41, 5.74) is 5.00. The van der Waals surface area contributed by atoms with Crippen molar-refractivity contribution in [3.05, 3.63) is 58.3 Å². The number of fused-ring (bicyclic) bond motifs is 1. The maximum absolute atomic E-state index is 13.1. The summed E-state index contributed by atoms with van der Waals surface area (Å²) in [6.45, 7) is 7.46. The Labute approximate surface area is 159 Å². The first-order valence-corrected chi connectivity index (χ1v) is 10.1. The second-order valence-corrected chi connectivity index (χ2v) is 8.38. The van der Waals surface area contributed by atoms with Gasteiger partial charge < -0.3 is 10.3 Å².